The van der Waals surface area contributed by atoms with Gasteiger partial charge < -0.3 is 5.73 Å². The van der Waals surface area contributed by atoms with Crippen LogP contribution in [-0.2, 0) is 5.54 Å². The summed E-state index contributed by atoms with van der Waals surface area (Å²) in [7, 11) is 0. The fourth-order valence-corrected chi connectivity index (χ4v) is 1.95. The van der Waals surface area contributed by atoms with Gasteiger partial charge in [-0.15, -0.1) is 0 Å². The summed E-state index contributed by atoms with van der Waals surface area (Å²) < 4.78 is 36.1. The summed E-state index contributed by atoms with van der Waals surface area (Å²) in [6.07, 6.45) is 1.83. The van der Waals surface area contributed by atoms with Crippen molar-refractivity contribution in [2.24, 2.45) is 5.73 Å². The van der Waals surface area contributed by atoms with Gasteiger partial charge in [0.1, 0.15) is 0 Å². The molecule has 1 aliphatic rings. The van der Waals surface area contributed by atoms with E-state index in [9.17, 15) is 13.2 Å². The number of alkyl halides is 3. The number of nitrogens with two attached hydrogens (primary N) is 1. The molecule has 15 heavy (non-hydrogen) atoms. The first-order valence-electron chi connectivity index (χ1n) is 4.54. The maximum atomic E-state index is 12.0. The molecule has 0 heterocycles. The molecule has 0 aromatic heterocycles. The molecular formula is C10H10F3NS. The number of hydrogen-bond acceptors (Lipinski definition) is 2. The second-order valence-electron chi connectivity index (χ2n) is 3.73. The van der Waals surface area contributed by atoms with Crippen LogP contribution in [-0.4, -0.2) is 5.51 Å². The largest absolute Gasteiger partial charge is 0.446 e. The molecule has 2 rings (SSSR count). The highest BCUT2D eigenvalue weighted by Crippen LogP contribution is 2.43. The molecule has 0 aliphatic heterocycles. The number of thioether (sulfide) groups is 1. The third-order valence-corrected chi connectivity index (χ3v) is 3.19. The Balaban J connectivity index is 2.11. The first kappa shape index (κ1) is 10.8. The van der Waals surface area contributed by atoms with Crippen LogP contribution in [0, 0.1) is 0 Å². The van der Waals surface area contributed by atoms with Crippen LogP contribution in [0.5, 0.6) is 0 Å². The van der Waals surface area contributed by atoms with Crippen molar-refractivity contribution < 1.29 is 13.2 Å². The average molecular weight is 233 g/mol. The van der Waals surface area contributed by atoms with Gasteiger partial charge in [0.15, 0.2) is 0 Å². The minimum Gasteiger partial charge on any atom is -0.321 e. The van der Waals surface area contributed by atoms with Crippen molar-refractivity contribution in [2.75, 3.05) is 0 Å². The standard InChI is InChI=1S/C10H10F3NS/c11-10(12,13)15-8-3-1-7(2-4-8)9(14)5-6-9/h1-4H,5-6,14H2. The Hall–Kier alpha value is -0.680. The van der Waals surface area contributed by atoms with E-state index in [2.05, 4.69) is 0 Å². The van der Waals surface area contributed by atoms with Gasteiger partial charge in [0.05, 0.1) is 0 Å². The summed E-state index contributed by atoms with van der Waals surface area (Å²) in [5.74, 6) is 0. The molecule has 0 spiro atoms. The van der Waals surface area contributed by atoms with E-state index in [4.69, 9.17) is 5.73 Å². The summed E-state index contributed by atoms with van der Waals surface area (Å²) in [5, 5.41) is 0. The van der Waals surface area contributed by atoms with Gasteiger partial charge in [-0.25, -0.2) is 0 Å². The van der Waals surface area contributed by atoms with Crippen molar-refractivity contribution in [3.63, 3.8) is 0 Å². The van der Waals surface area contributed by atoms with E-state index >= 15 is 0 Å². The number of rotatable bonds is 2. The topological polar surface area (TPSA) is 26.0 Å². The molecular weight excluding hydrogens is 223 g/mol. The van der Waals surface area contributed by atoms with Gasteiger partial charge in [-0.05, 0) is 42.3 Å². The minimum absolute atomic E-state index is 0.100. The van der Waals surface area contributed by atoms with E-state index in [1.807, 2.05) is 0 Å². The van der Waals surface area contributed by atoms with Gasteiger partial charge >= 0.3 is 5.51 Å². The van der Waals surface area contributed by atoms with Crippen LogP contribution >= 0.6 is 11.8 Å². The molecule has 0 radical (unpaired) electrons. The van der Waals surface area contributed by atoms with Crippen LogP contribution < -0.4 is 5.73 Å². The molecule has 0 amide bonds. The van der Waals surface area contributed by atoms with E-state index in [0.29, 0.717) is 0 Å². The monoisotopic (exact) mass is 233 g/mol. The van der Waals surface area contributed by atoms with E-state index in [1.54, 1.807) is 12.1 Å². The summed E-state index contributed by atoms with van der Waals surface area (Å²) in [6, 6.07) is 6.31. The molecule has 2 N–H and O–H groups in total. The lowest BCUT2D eigenvalue weighted by molar-refractivity contribution is -0.0328. The normalized spacial score (nSPS) is 18.9. The zero-order chi connectivity index (χ0) is 11.1. The van der Waals surface area contributed by atoms with Gasteiger partial charge in [0.2, 0.25) is 0 Å². The fourth-order valence-electron chi connectivity index (χ4n) is 1.41. The number of hydrogen-bond donors (Lipinski definition) is 1. The van der Waals surface area contributed by atoms with Crippen LogP contribution in [0.15, 0.2) is 29.2 Å². The second-order valence-corrected chi connectivity index (χ2v) is 4.87. The van der Waals surface area contributed by atoms with Crippen molar-refractivity contribution in [3.05, 3.63) is 29.8 Å². The zero-order valence-corrected chi connectivity index (χ0v) is 8.66. The number of benzene rings is 1. The molecule has 82 valence electrons. The Labute approximate surface area is 89.8 Å². The van der Waals surface area contributed by atoms with Crippen LogP contribution in [0.2, 0.25) is 0 Å². The summed E-state index contributed by atoms with van der Waals surface area (Å²) >= 11 is -0.100. The average Bonchev–Trinajstić information content (AvgIpc) is 2.83. The lowest BCUT2D eigenvalue weighted by Crippen LogP contribution is -2.18. The molecule has 1 aromatic carbocycles. The lowest BCUT2D eigenvalue weighted by atomic mass is 10.1. The first-order chi connectivity index (χ1) is 6.89. The second kappa shape index (κ2) is 3.42. The quantitative estimate of drug-likeness (QED) is 0.793. The highest BCUT2D eigenvalue weighted by molar-refractivity contribution is 8.00. The maximum absolute atomic E-state index is 12.0. The third-order valence-electron chi connectivity index (χ3n) is 2.45. The van der Waals surface area contributed by atoms with Gasteiger partial charge in [0, 0.05) is 10.4 Å². The van der Waals surface area contributed by atoms with Crippen molar-refractivity contribution in [1.29, 1.82) is 0 Å². The molecule has 0 atom stereocenters. The predicted octanol–water partition coefficient (Wildman–Crippen LogP) is 3.25. The maximum Gasteiger partial charge on any atom is 0.446 e. The predicted molar refractivity (Wildman–Crippen MR) is 53.5 cm³/mol. The Morgan fingerprint density at radius 1 is 1.13 bits per heavy atom. The highest BCUT2D eigenvalue weighted by Gasteiger charge is 2.39. The summed E-state index contributed by atoms with van der Waals surface area (Å²) in [5.41, 5.74) is 2.34. The Morgan fingerprint density at radius 3 is 2.07 bits per heavy atom. The Kier molecular flexibility index (Phi) is 2.47. The molecule has 0 saturated heterocycles. The van der Waals surface area contributed by atoms with Gasteiger partial charge in [-0.3, -0.25) is 0 Å². The van der Waals surface area contributed by atoms with Crippen LogP contribution in [0.4, 0.5) is 13.2 Å². The zero-order valence-electron chi connectivity index (χ0n) is 7.84. The van der Waals surface area contributed by atoms with E-state index in [1.165, 1.54) is 12.1 Å². The molecule has 5 heteroatoms. The molecule has 1 aliphatic carbocycles. The molecule has 1 saturated carbocycles. The molecule has 1 fully saturated rings. The van der Waals surface area contributed by atoms with Crippen molar-refractivity contribution in [1.82, 2.24) is 0 Å². The minimum atomic E-state index is -4.22. The van der Waals surface area contributed by atoms with Crippen molar-refractivity contribution >= 4 is 11.8 Å². The smallest absolute Gasteiger partial charge is 0.321 e. The third kappa shape index (κ3) is 2.66. The molecule has 0 bridgehead atoms. The van der Waals surface area contributed by atoms with E-state index < -0.39 is 5.51 Å². The fraction of sp³-hybridized carbons (Fsp3) is 0.400. The summed E-state index contributed by atoms with van der Waals surface area (Å²) in [6.45, 7) is 0. The van der Waals surface area contributed by atoms with Crippen LogP contribution in [0.3, 0.4) is 0 Å². The van der Waals surface area contributed by atoms with E-state index in [0.717, 1.165) is 18.4 Å². The van der Waals surface area contributed by atoms with Gasteiger partial charge in [0.25, 0.3) is 0 Å². The van der Waals surface area contributed by atoms with Crippen molar-refractivity contribution in [2.45, 2.75) is 28.8 Å². The first-order valence-corrected chi connectivity index (χ1v) is 5.36. The van der Waals surface area contributed by atoms with Crippen molar-refractivity contribution in [3.8, 4) is 0 Å². The van der Waals surface area contributed by atoms with Gasteiger partial charge in [-0.2, -0.15) is 13.2 Å². The molecule has 1 nitrogen and oxygen atoms in total. The Bertz CT molecular complexity index is 354. The van der Waals surface area contributed by atoms with Gasteiger partial charge in [-0.1, -0.05) is 12.1 Å². The Morgan fingerprint density at radius 2 is 1.67 bits per heavy atom. The SMILES string of the molecule is NC1(c2ccc(SC(F)(F)F)cc2)CC1. The van der Waals surface area contributed by atoms with Crippen LogP contribution in [0.25, 0.3) is 0 Å². The molecule has 0 unspecified atom stereocenters. The van der Waals surface area contributed by atoms with E-state index in [-0.39, 0.29) is 22.2 Å². The summed E-state index contributed by atoms with van der Waals surface area (Å²) in [4.78, 5) is 0.204. The van der Waals surface area contributed by atoms with Crippen LogP contribution in [0.1, 0.15) is 18.4 Å². The highest BCUT2D eigenvalue weighted by atomic mass is 32.2. The molecule has 1 aromatic rings. The lowest BCUT2D eigenvalue weighted by Gasteiger charge is -2.10. The number of halogens is 3.